The van der Waals surface area contributed by atoms with Gasteiger partial charge in [0, 0.05) is 11.8 Å². The highest BCUT2D eigenvalue weighted by Crippen LogP contribution is 2.22. The van der Waals surface area contributed by atoms with E-state index < -0.39 is 0 Å². The lowest BCUT2D eigenvalue weighted by Gasteiger charge is -2.14. The van der Waals surface area contributed by atoms with Gasteiger partial charge in [-0.1, -0.05) is 29.8 Å². The van der Waals surface area contributed by atoms with Crippen molar-refractivity contribution in [1.29, 1.82) is 0 Å². The summed E-state index contributed by atoms with van der Waals surface area (Å²) >= 11 is 0. The summed E-state index contributed by atoms with van der Waals surface area (Å²) in [6.07, 6.45) is 6.63. The number of aromatic nitrogens is 4. The van der Waals surface area contributed by atoms with E-state index in [0.717, 1.165) is 24.2 Å². The third kappa shape index (κ3) is 1.80. The van der Waals surface area contributed by atoms with Gasteiger partial charge in [0.1, 0.15) is 0 Å². The molecular weight excluding hydrogens is 248 g/mol. The first-order valence-corrected chi connectivity index (χ1v) is 7.12. The van der Waals surface area contributed by atoms with Crippen molar-refractivity contribution in [2.45, 2.75) is 32.6 Å². The minimum absolute atomic E-state index is 0.709. The fourth-order valence-corrected chi connectivity index (χ4v) is 2.82. The van der Waals surface area contributed by atoms with Gasteiger partial charge < -0.3 is 0 Å². The Morgan fingerprint density at radius 3 is 2.70 bits per heavy atom. The van der Waals surface area contributed by atoms with Gasteiger partial charge >= 0.3 is 0 Å². The molecule has 0 saturated carbocycles. The number of hydrogen-bond donors (Lipinski definition) is 0. The summed E-state index contributed by atoms with van der Waals surface area (Å²) in [6.45, 7) is 2.08. The monoisotopic (exact) mass is 264 g/mol. The van der Waals surface area contributed by atoms with Crippen LogP contribution in [0.1, 0.15) is 29.7 Å². The van der Waals surface area contributed by atoms with Gasteiger partial charge in [-0.05, 0) is 38.2 Å². The highest BCUT2D eigenvalue weighted by molar-refractivity contribution is 5.57. The van der Waals surface area contributed by atoms with E-state index in [-0.39, 0.29) is 0 Å². The average Bonchev–Trinajstić information content (AvgIpc) is 2.92. The molecule has 0 atom stereocenters. The quantitative estimate of drug-likeness (QED) is 0.678. The van der Waals surface area contributed by atoms with E-state index in [2.05, 4.69) is 46.3 Å². The molecule has 1 aromatic carbocycles. The largest absolute Gasteiger partial charge is 0.252 e. The van der Waals surface area contributed by atoms with Crippen molar-refractivity contribution in [1.82, 2.24) is 19.6 Å². The predicted molar refractivity (Wildman–Crippen MR) is 77.6 cm³/mol. The Kier molecular flexibility index (Phi) is 2.55. The number of aryl methyl sites for hydroxylation is 3. The highest BCUT2D eigenvalue weighted by Gasteiger charge is 2.16. The average molecular weight is 264 g/mol. The lowest BCUT2D eigenvalue weighted by molar-refractivity contribution is 0.640. The van der Waals surface area contributed by atoms with E-state index in [4.69, 9.17) is 0 Å². The van der Waals surface area contributed by atoms with Crippen molar-refractivity contribution in [2.24, 2.45) is 0 Å². The van der Waals surface area contributed by atoms with Crippen LogP contribution < -0.4 is 0 Å². The maximum absolute atomic E-state index is 4.67. The lowest BCUT2D eigenvalue weighted by Crippen LogP contribution is -2.10. The standard InChI is InChI=1S/C16H16N4/c1-11-6-8-12(9-7-11)15-18-16-17-10-13-4-2-3-5-14(13)20(16)19-15/h6-10H,2-5H2,1H3. The zero-order valence-electron chi connectivity index (χ0n) is 11.5. The first-order chi connectivity index (χ1) is 9.81. The van der Waals surface area contributed by atoms with E-state index in [9.17, 15) is 0 Å². The first kappa shape index (κ1) is 11.6. The van der Waals surface area contributed by atoms with Crippen molar-refractivity contribution in [3.8, 4) is 11.4 Å². The van der Waals surface area contributed by atoms with Gasteiger partial charge in [-0.15, -0.1) is 5.10 Å². The number of nitrogens with zero attached hydrogens (tertiary/aromatic N) is 4. The molecule has 2 aromatic heterocycles. The lowest BCUT2D eigenvalue weighted by atomic mass is 9.98. The number of hydrogen-bond acceptors (Lipinski definition) is 3. The molecule has 20 heavy (non-hydrogen) atoms. The van der Waals surface area contributed by atoms with Crippen LogP contribution in [0.3, 0.4) is 0 Å². The van der Waals surface area contributed by atoms with E-state index in [0.29, 0.717) is 5.78 Å². The minimum Gasteiger partial charge on any atom is -0.219 e. The van der Waals surface area contributed by atoms with E-state index in [1.54, 1.807) is 0 Å². The second kappa shape index (κ2) is 4.40. The Bertz CT molecular complexity index is 771. The summed E-state index contributed by atoms with van der Waals surface area (Å²) in [5.41, 5.74) is 4.90. The molecule has 0 radical (unpaired) electrons. The van der Waals surface area contributed by atoms with Gasteiger partial charge in [-0.3, -0.25) is 0 Å². The fourth-order valence-electron chi connectivity index (χ4n) is 2.82. The Hall–Kier alpha value is -2.23. The van der Waals surface area contributed by atoms with Crippen LogP contribution in [0.15, 0.2) is 30.5 Å². The zero-order chi connectivity index (χ0) is 13.5. The molecule has 0 unspecified atom stereocenters. The van der Waals surface area contributed by atoms with E-state index in [1.807, 2.05) is 10.7 Å². The van der Waals surface area contributed by atoms with Crippen LogP contribution in [0.25, 0.3) is 17.2 Å². The summed E-state index contributed by atoms with van der Waals surface area (Å²) < 4.78 is 1.93. The normalized spacial score (nSPS) is 14.4. The topological polar surface area (TPSA) is 43.1 Å². The SMILES string of the molecule is Cc1ccc(-c2nc3ncc4c(n3n2)CCCC4)cc1. The molecule has 0 N–H and O–H groups in total. The molecule has 4 heteroatoms. The van der Waals surface area contributed by atoms with Crippen molar-refractivity contribution in [2.75, 3.05) is 0 Å². The van der Waals surface area contributed by atoms with Crippen LogP contribution in [0, 0.1) is 6.92 Å². The molecule has 0 bridgehead atoms. The molecule has 0 aliphatic heterocycles. The van der Waals surface area contributed by atoms with Crippen LogP contribution in [0.2, 0.25) is 0 Å². The van der Waals surface area contributed by atoms with Gasteiger partial charge in [0.15, 0.2) is 5.82 Å². The molecule has 0 spiro atoms. The Morgan fingerprint density at radius 2 is 1.85 bits per heavy atom. The van der Waals surface area contributed by atoms with E-state index >= 15 is 0 Å². The molecule has 100 valence electrons. The van der Waals surface area contributed by atoms with Gasteiger partial charge in [0.2, 0.25) is 0 Å². The van der Waals surface area contributed by atoms with Gasteiger partial charge in [0.25, 0.3) is 5.78 Å². The molecule has 3 aromatic rings. The summed E-state index contributed by atoms with van der Waals surface area (Å²) in [5.74, 6) is 1.47. The van der Waals surface area contributed by atoms with Crippen LogP contribution in [-0.2, 0) is 12.8 Å². The maximum atomic E-state index is 4.67. The third-order valence-electron chi connectivity index (χ3n) is 3.97. The third-order valence-corrected chi connectivity index (χ3v) is 3.97. The fraction of sp³-hybridized carbons (Fsp3) is 0.312. The van der Waals surface area contributed by atoms with Crippen LogP contribution >= 0.6 is 0 Å². The molecule has 0 amide bonds. The predicted octanol–water partition coefficient (Wildman–Crippen LogP) is 2.98. The molecule has 1 aliphatic rings. The minimum atomic E-state index is 0.709. The van der Waals surface area contributed by atoms with Crippen molar-refractivity contribution in [3.63, 3.8) is 0 Å². The Morgan fingerprint density at radius 1 is 1.05 bits per heavy atom. The number of rotatable bonds is 1. The number of fused-ring (bicyclic) bond motifs is 3. The van der Waals surface area contributed by atoms with Gasteiger partial charge in [0.05, 0.1) is 5.69 Å². The van der Waals surface area contributed by atoms with Crippen molar-refractivity contribution in [3.05, 3.63) is 47.3 Å². The van der Waals surface area contributed by atoms with E-state index in [1.165, 1.54) is 29.7 Å². The maximum Gasteiger partial charge on any atom is 0.252 e. The molecule has 4 rings (SSSR count). The second-order valence-corrected chi connectivity index (χ2v) is 5.45. The summed E-state index contributed by atoms with van der Waals surface area (Å²) in [4.78, 5) is 9.01. The number of benzene rings is 1. The molecule has 2 heterocycles. The molecule has 0 fully saturated rings. The summed E-state index contributed by atoms with van der Waals surface area (Å²) in [7, 11) is 0. The van der Waals surface area contributed by atoms with Crippen molar-refractivity contribution < 1.29 is 0 Å². The van der Waals surface area contributed by atoms with Crippen LogP contribution in [0.5, 0.6) is 0 Å². The summed E-state index contributed by atoms with van der Waals surface area (Å²) in [6, 6.07) is 8.31. The van der Waals surface area contributed by atoms with Gasteiger partial charge in [-0.2, -0.15) is 4.98 Å². The molecule has 4 nitrogen and oxygen atoms in total. The second-order valence-electron chi connectivity index (χ2n) is 5.45. The Balaban J connectivity index is 1.88. The first-order valence-electron chi connectivity index (χ1n) is 7.12. The van der Waals surface area contributed by atoms with Crippen molar-refractivity contribution >= 4 is 5.78 Å². The molecule has 0 saturated heterocycles. The molecular formula is C16H16N4. The zero-order valence-corrected chi connectivity index (χ0v) is 11.5. The highest BCUT2D eigenvalue weighted by atomic mass is 15.3. The van der Waals surface area contributed by atoms with Crippen LogP contribution in [0.4, 0.5) is 0 Å². The smallest absolute Gasteiger partial charge is 0.219 e. The van der Waals surface area contributed by atoms with Gasteiger partial charge in [-0.25, -0.2) is 9.50 Å². The molecule has 1 aliphatic carbocycles. The Labute approximate surface area is 117 Å². The summed E-state index contributed by atoms with van der Waals surface area (Å²) in [5, 5.41) is 4.67. The van der Waals surface area contributed by atoms with Crippen LogP contribution in [-0.4, -0.2) is 19.6 Å².